The first-order chi connectivity index (χ1) is 6.91. The minimum absolute atomic E-state index is 0.0887. The van der Waals surface area contributed by atoms with Crippen molar-refractivity contribution in [2.24, 2.45) is 0 Å². The van der Waals surface area contributed by atoms with E-state index in [0.717, 1.165) is 0 Å². The number of carbonyl (C=O) groups is 2. The third kappa shape index (κ3) is 9.00. The highest BCUT2D eigenvalue weighted by molar-refractivity contribution is 5.83. The Kier molecular flexibility index (Phi) is 6.42. The van der Waals surface area contributed by atoms with E-state index in [-0.39, 0.29) is 24.6 Å². The normalized spacial score (nSPS) is 11.1. The van der Waals surface area contributed by atoms with Gasteiger partial charge in [0.05, 0.1) is 18.6 Å². The highest BCUT2D eigenvalue weighted by Gasteiger charge is 2.03. The smallest absolute Gasteiger partial charge is 0.330 e. The summed E-state index contributed by atoms with van der Waals surface area (Å²) in [6.45, 7) is 7.07. The van der Waals surface area contributed by atoms with Crippen LogP contribution < -0.4 is 0 Å². The van der Waals surface area contributed by atoms with Crippen LogP contribution in [0.5, 0.6) is 0 Å². The predicted molar refractivity (Wildman–Crippen MR) is 56.2 cm³/mol. The van der Waals surface area contributed by atoms with Crippen molar-refractivity contribution in [3.63, 3.8) is 0 Å². The van der Waals surface area contributed by atoms with Crippen molar-refractivity contribution in [2.45, 2.75) is 46.3 Å². The van der Waals surface area contributed by atoms with Crippen molar-refractivity contribution in [3.05, 3.63) is 12.2 Å². The molecule has 86 valence electrons. The van der Waals surface area contributed by atoms with E-state index in [1.807, 2.05) is 0 Å². The van der Waals surface area contributed by atoms with E-state index in [4.69, 9.17) is 9.47 Å². The van der Waals surface area contributed by atoms with Crippen molar-refractivity contribution in [1.29, 1.82) is 0 Å². The highest BCUT2D eigenvalue weighted by Crippen LogP contribution is 1.96. The zero-order valence-corrected chi connectivity index (χ0v) is 9.65. The molecule has 0 aliphatic rings. The Hall–Kier alpha value is -1.32. The molecule has 4 nitrogen and oxygen atoms in total. The quantitative estimate of drug-likeness (QED) is 0.517. The zero-order chi connectivity index (χ0) is 11.8. The fourth-order valence-corrected chi connectivity index (χ4v) is 0.834. The van der Waals surface area contributed by atoms with Gasteiger partial charge in [-0.25, -0.2) is 4.79 Å². The van der Waals surface area contributed by atoms with Gasteiger partial charge in [-0.3, -0.25) is 4.79 Å². The topological polar surface area (TPSA) is 52.6 Å². The van der Waals surface area contributed by atoms with E-state index in [0.29, 0.717) is 0 Å². The lowest BCUT2D eigenvalue weighted by atomic mass is 10.3. The molecule has 0 fully saturated rings. The summed E-state index contributed by atoms with van der Waals surface area (Å²) in [6.07, 6.45) is 2.49. The van der Waals surface area contributed by atoms with Gasteiger partial charge in [-0.1, -0.05) is 6.08 Å². The van der Waals surface area contributed by atoms with Crippen LogP contribution in [0.4, 0.5) is 0 Å². The number of rotatable bonds is 5. The van der Waals surface area contributed by atoms with Crippen LogP contribution in [0.25, 0.3) is 0 Å². The molecule has 0 saturated heterocycles. The summed E-state index contributed by atoms with van der Waals surface area (Å²) in [5.41, 5.74) is 0. The molecular formula is C11H18O4. The van der Waals surface area contributed by atoms with Gasteiger partial charge in [0, 0.05) is 6.08 Å². The van der Waals surface area contributed by atoms with Gasteiger partial charge >= 0.3 is 11.9 Å². The van der Waals surface area contributed by atoms with Gasteiger partial charge in [-0.2, -0.15) is 0 Å². The maximum absolute atomic E-state index is 11.0. The maximum Gasteiger partial charge on any atom is 0.330 e. The Morgan fingerprint density at radius 2 is 1.60 bits per heavy atom. The minimum Gasteiger partial charge on any atom is -0.463 e. The fourth-order valence-electron chi connectivity index (χ4n) is 0.834. The number of esters is 2. The van der Waals surface area contributed by atoms with Gasteiger partial charge in [0.15, 0.2) is 0 Å². The molecule has 0 N–H and O–H groups in total. The first-order valence-electron chi connectivity index (χ1n) is 4.98. The maximum atomic E-state index is 11.0. The highest BCUT2D eigenvalue weighted by atomic mass is 16.5. The van der Waals surface area contributed by atoms with E-state index >= 15 is 0 Å². The summed E-state index contributed by atoms with van der Waals surface area (Å²) in [4.78, 5) is 22.0. The van der Waals surface area contributed by atoms with Crippen molar-refractivity contribution < 1.29 is 19.1 Å². The summed E-state index contributed by atoms with van der Waals surface area (Å²) in [6, 6.07) is 0. The third-order valence-corrected chi connectivity index (χ3v) is 1.26. The Morgan fingerprint density at radius 1 is 1.07 bits per heavy atom. The van der Waals surface area contributed by atoms with Crippen LogP contribution >= 0.6 is 0 Å². The molecule has 0 aromatic heterocycles. The van der Waals surface area contributed by atoms with Gasteiger partial charge in [-0.15, -0.1) is 0 Å². The van der Waals surface area contributed by atoms with Crippen molar-refractivity contribution in [2.75, 3.05) is 0 Å². The molecule has 0 saturated carbocycles. The Labute approximate surface area is 90.2 Å². The van der Waals surface area contributed by atoms with Crippen LogP contribution in [0.2, 0.25) is 0 Å². The summed E-state index contributed by atoms with van der Waals surface area (Å²) in [5, 5.41) is 0. The molecule has 0 aromatic carbocycles. The fraction of sp³-hybridized carbons (Fsp3) is 0.636. The van der Waals surface area contributed by atoms with E-state index in [1.165, 1.54) is 12.2 Å². The second kappa shape index (κ2) is 7.04. The molecule has 0 aliphatic carbocycles. The summed E-state index contributed by atoms with van der Waals surface area (Å²) >= 11 is 0. The molecule has 4 heteroatoms. The predicted octanol–water partition coefficient (Wildman–Crippen LogP) is 1.84. The number of carbonyl (C=O) groups excluding carboxylic acids is 2. The van der Waals surface area contributed by atoms with Gasteiger partial charge in [-0.05, 0) is 27.7 Å². The molecule has 0 rings (SSSR count). The average molecular weight is 214 g/mol. The van der Waals surface area contributed by atoms with E-state index in [1.54, 1.807) is 27.7 Å². The van der Waals surface area contributed by atoms with E-state index in [9.17, 15) is 9.59 Å². The average Bonchev–Trinajstić information content (AvgIpc) is 2.00. The zero-order valence-electron chi connectivity index (χ0n) is 9.65. The SMILES string of the molecule is CC(C)OC(=O)/C=C/CC(=O)OC(C)C. The Morgan fingerprint density at radius 3 is 2.07 bits per heavy atom. The first-order valence-corrected chi connectivity index (χ1v) is 4.98. The molecule has 0 heterocycles. The van der Waals surface area contributed by atoms with Crippen molar-refractivity contribution in [1.82, 2.24) is 0 Å². The molecule has 0 spiro atoms. The van der Waals surface area contributed by atoms with Crippen LogP contribution in [0.3, 0.4) is 0 Å². The second-order valence-corrected chi connectivity index (χ2v) is 3.63. The standard InChI is InChI=1S/C11H18O4/c1-8(2)14-10(12)6-5-7-11(13)15-9(3)4/h5-6,8-9H,7H2,1-4H3/b6-5+. The van der Waals surface area contributed by atoms with Crippen molar-refractivity contribution in [3.8, 4) is 0 Å². The lowest BCUT2D eigenvalue weighted by molar-refractivity contribution is -0.146. The van der Waals surface area contributed by atoms with Crippen LogP contribution in [0.15, 0.2) is 12.2 Å². The molecule has 15 heavy (non-hydrogen) atoms. The molecule has 0 amide bonds. The largest absolute Gasteiger partial charge is 0.463 e. The van der Waals surface area contributed by atoms with Gasteiger partial charge in [0.2, 0.25) is 0 Å². The van der Waals surface area contributed by atoms with Gasteiger partial charge < -0.3 is 9.47 Å². The van der Waals surface area contributed by atoms with E-state index in [2.05, 4.69) is 0 Å². The lowest BCUT2D eigenvalue weighted by Crippen LogP contribution is -2.11. The number of ether oxygens (including phenoxy) is 2. The Balaban J connectivity index is 3.79. The van der Waals surface area contributed by atoms with E-state index < -0.39 is 5.97 Å². The first kappa shape index (κ1) is 13.7. The summed E-state index contributed by atoms with van der Waals surface area (Å²) in [7, 11) is 0. The van der Waals surface area contributed by atoms with Crippen LogP contribution in [-0.4, -0.2) is 24.1 Å². The van der Waals surface area contributed by atoms with Crippen LogP contribution in [-0.2, 0) is 19.1 Å². The molecule has 0 aromatic rings. The lowest BCUT2D eigenvalue weighted by Gasteiger charge is -2.05. The second-order valence-electron chi connectivity index (χ2n) is 3.63. The minimum atomic E-state index is -0.442. The number of hydrogen-bond acceptors (Lipinski definition) is 4. The number of hydrogen-bond donors (Lipinski definition) is 0. The summed E-state index contributed by atoms with van der Waals surface area (Å²) in [5.74, 6) is -0.791. The van der Waals surface area contributed by atoms with Gasteiger partial charge in [0.25, 0.3) is 0 Å². The molecule has 0 radical (unpaired) electrons. The molecule has 0 atom stereocenters. The van der Waals surface area contributed by atoms with Crippen molar-refractivity contribution >= 4 is 11.9 Å². The van der Waals surface area contributed by atoms with Crippen LogP contribution in [0.1, 0.15) is 34.1 Å². The summed E-state index contributed by atoms with van der Waals surface area (Å²) < 4.78 is 9.71. The van der Waals surface area contributed by atoms with Gasteiger partial charge in [0.1, 0.15) is 0 Å². The monoisotopic (exact) mass is 214 g/mol. The third-order valence-electron chi connectivity index (χ3n) is 1.26. The molecule has 0 aliphatic heterocycles. The van der Waals surface area contributed by atoms with Crippen LogP contribution in [0, 0.1) is 0 Å². The molecule has 0 unspecified atom stereocenters. The Bertz CT molecular complexity index is 241. The molecule has 0 bridgehead atoms. The molecular weight excluding hydrogens is 196 g/mol.